The molecule has 0 N–H and O–H groups in total. The van der Waals surface area contributed by atoms with Crippen LogP contribution in [-0.2, 0) is 11.3 Å². The molecule has 0 spiro atoms. The maximum atomic E-state index is 12.2. The Morgan fingerprint density at radius 1 is 1.25 bits per heavy atom. The predicted octanol–water partition coefficient (Wildman–Crippen LogP) is 4.63. The first kappa shape index (κ1) is 21.1. The van der Waals surface area contributed by atoms with E-state index in [0.29, 0.717) is 13.1 Å². The van der Waals surface area contributed by atoms with Gasteiger partial charge in [-0.3, -0.25) is 4.90 Å². The number of nitrogens with zero attached hydrogens (tertiary/aromatic N) is 3. The molecular weight excluding hydrogens is 442 g/mol. The van der Waals surface area contributed by atoms with Crippen molar-refractivity contribution in [1.82, 2.24) is 14.8 Å². The van der Waals surface area contributed by atoms with Gasteiger partial charge < -0.3 is 14.4 Å². The third kappa shape index (κ3) is 5.46. The molecule has 1 aliphatic heterocycles. The zero-order valence-electron chi connectivity index (χ0n) is 16.7. The molecule has 2 heterocycles. The number of methoxy groups -OCH3 is 1. The molecule has 0 aliphatic carbocycles. The molecule has 0 saturated carbocycles. The quantitative estimate of drug-likeness (QED) is 0.655. The second kappa shape index (κ2) is 8.80. The molecule has 1 aromatic carbocycles. The average Bonchev–Trinajstić information content (AvgIpc) is 3.09. The van der Waals surface area contributed by atoms with Gasteiger partial charge in [0.25, 0.3) is 0 Å². The summed E-state index contributed by atoms with van der Waals surface area (Å²) < 4.78 is 11.9. The highest BCUT2D eigenvalue weighted by Crippen LogP contribution is 2.34. The summed E-state index contributed by atoms with van der Waals surface area (Å²) in [5, 5.41) is 3.04. The molecule has 1 aromatic heterocycles. The van der Waals surface area contributed by atoms with Crippen molar-refractivity contribution in [2.24, 2.45) is 0 Å². The van der Waals surface area contributed by atoms with E-state index < -0.39 is 5.60 Å². The SMILES string of the molecule is COc1ccc(Br)cc1-c1nc(CN2CCN(C(=O)OC(C)(C)C)CC2)cs1. The van der Waals surface area contributed by atoms with E-state index >= 15 is 0 Å². The van der Waals surface area contributed by atoms with Gasteiger partial charge in [0.15, 0.2) is 0 Å². The van der Waals surface area contributed by atoms with E-state index in [1.807, 2.05) is 39.0 Å². The van der Waals surface area contributed by atoms with Crippen LogP contribution in [0.3, 0.4) is 0 Å². The Balaban J connectivity index is 1.58. The number of halogens is 1. The van der Waals surface area contributed by atoms with Crippen LogP contribution in [-0.4, -0.2) is 59.8 Å². The summed E-state index contributed by atoms with van der Waals surface area (Å²) in [4.78, 5) is 21.1. The van der Waals surface area contributed by atoms with Crippen LogP contribution in [0.25, 0.3) is 10.6 Å². The minimum Gasteiger partial charge on any atom is -0.496 e. The first-order valence-corrected chi connectivity index (χ1v) is 10.9. The third-order valence-electron chi connectivity index (χ3n) is 4.35. The molecule has 0 bridgehead atoms. The van der Waals surface area contributed by atoms with Gasteiger partial charge in [0.2, 0.25) is 0 Å². The first-order valence-electron chi connectivity index (χ1n) is 9.24. The number of hydrogen-bond donors (Lipinski definition) is 0. The van der Waals surface area contributed by atoms with Crippen molar-refractivity contribution in [2.45, 2.75) is 32.9 Å². The molecule has 6 nitrogen and oxygen atoms in total. The Labute approximate surface area is 178 Å². The van der Waals surface area contributed by atoms with Crippen LogP contribution < -0.4 is 4.74 Å². The van der Waals surface area contributed by atoms with Crippen LogP contribution >= 0.6 is 27.3 Å². The zero-order valence-corrected chi connectivity index (χ0v) is 19.1. The van der Waals surface area contributed by atoms with E-state index in [2.05, 4.69) is 26.2 Å². The number of piperazine rings is 1. The highest BCUT2D eigenvalue weighted by molar-refractivity contribution is 9.10. The number of benzene rings is 1. The summed E-state index contributed by atoms with van der Waals surface area (Å²) in [5.74, 6) is 0.815. The molecule has 0 radical (unpaired) electrons. The lowest BCUT2D eigenvalue weighted by Gasteiger charge is -2.35. The fraction of sp³-hybridized carbons (Fsp3) is 0.500. The molecule has 0 atom stereocenters. The van der Waals surface area contributed by atoms with E-state index in [1.165, 1.54) is 0 Å². The zero-order chi connectivity index (χ0) is 20.3. The molecule has 0 unspecified atom stereocenters. The van der Waals surface area contributed by atoms with E-state index in [0.717, 1.165) is 46.1 Å². The second-order valence-electron chi connectivity index (χ2n) is 7.73. The summed E-state index contributed by atoms with van der Waals surface area (Å²) in [6, 6.07) is 5.93. The van der Waals surface area contributed by atoms with Gasteiger partial charge in [-0.15, -0.1) is 11.3 Å². The van der Waals surface area contributed by atoms with Crippen LogP contribution in [0.5, 0.6) is 5.75 Å². The van der Waals surface area contributed by atoms with Crippen LogP contribution in [0.15, 0.2) is 28.1 Å². The lowest BCUT2D eigenvalue weighted by atomic mass is 10.2. The Hall–Kier alpha value is -1.64. The fourth-order valence-corrected chi connectivity index (χ4v) is 4.19. The fourth-order valence-electron chi connectivity index (χ4n) is 2.99. The van der Waals surface area contributed by atoms with Crippen molar-refractivity contribution in [3.8, 4) is 16.3 Å². The Bertz CT molecular complexity index is 826. The third-order valence-corrected chi connectivity index (χ3v) is 5.77. The maximum Gasteiger partial charge on any atom is 0.410 e. The molecule has 3 rings (SSSR count). The van der Waals surface area contributed by atoms with Crippen molar-refractivity contribution >= 4 is 33.4 Å². The first-order chi connectivity index (χ1) is 13.2. The minimum atomic E-state index is -0.460. The average molecular weight is 468 g/mol. The standard InChI is InChI=1S/C20H26BrN3O3S/c1-20(2,3)27-19(25)24-9-7-23(8-10-24)12-15-13-28-18(22-15)16-11-14(21)5-6-17(16)26-4/h5-6,11,13H,7-10,12H2,1-4H3. The Morgan fingerprint density at radius 2 is 1.96 bits per heavy atom. The van der Waals surface area contributed by atoms with Gasteiger partial charge in [0.1, 0.15) is 16.4 Å². The molecule has 1 aliphatic rings. The highest BCUT2D eigenvalue weighted by atomic mass is 79.9. The van der Waals surface area contributed by atoms with Gasteiger partial charge in [0, 0.05) is 42.6 Å². The summed E-state index contributed by atoms with van der Waals surface area (Å²) in [7, 11) is 1.67. The summed E-state index contributed by atoms with van der Waals surface area (Å²) in [5.41, 5.74) is 1.56. The number of ether oxygens (including phenoxy) is 2. The van der Waals surface area contributed by atoms with Gasteiger partial charge in [0.05, 0.1) is 18.4 Å². The van der Waals surface area contributed by atoms with Crippen molar-refractivity contribution in [1.29, 1.82) is 0 Å². The smallest absolute Gasteiger partial charge is 0.410 e. The summed E-state index contributed by atoms with van der Waals surface area (Å²) >= 11 is 5.13. The highest BCUT2D eigenvalue weighted by Gasteiger charge is 2.26. The van der Waals surface area contributed by atoms with Crippen molar-refractivity contribution < 1.29 is 14.3 Å². The van der Waals surface area contributed by atoms with Gasteiger partial charge in [-0.05, 0) is 39.0 Å². The van der Waals surface area contributed by atoms with Crippen LogP contribution in [0.4, 0.5) is 4.79 Å². The number of amides is 1. The van der Waals surface area contributed by atoms with E-state index in [-0.39, 0.29) is 6.09 Å². The van der Waals surface area contributed by atoms with Crippen molar-refractivity contribution in [3.63, 3.8) is 0 Å². The summed E-state index contributed by atoms with van der Waals surface area (Å²) in [6.07, 6.45) is -0.232. The normalized spacial score (nSPS) is 15.5. The maximum absolute atomic E-state index is 12.2. The van der Waals surface area contributed by atoms with Crippen LogP contribution in [0.1, 0.15) is 26.5 Å². The number of rotatable bonds is 4. The number of carbonyl (C=O) groups is 1. The molecule has 28 heavy (non-hydrogen) atoms. The largest absolute Gasteiger partial charge is 0.496 e. The molecule has 1 amide bonds. The number of carbonyl (C=O) groups excluding carboxylic acids is 1. The van der Waals surface area contributed by atoms with Gasteiger partial charge >= 0.3 is 6.09 Å². The lowest BCUT2D eigenvalue weighted by molar-refractivity contribution is 0.0138. The van der Waals surface area contributed by atoms with Gasteiger partial charge in [-0.1, -0.05) is 15.9 Å². The predicted molar refractivity (Wildman–Crippen MR) is 115 cm³/mol. The number of hydrogen-bond acceptors (Lipinski definition) is 6. The minimum absolute atomic E-state index is 0.232. The van der Waals surface area contributed by atoms with Crippen LogP contribution in [0.2, 0.25) is 0 Å². The monoisotopic (exact) mass is 467 g/mol. The Morgan fingerprint density at radius 3 is 2.61 bits per heavy atom. The van der Waals surface area contributed by atoms with Crippen molar-refractivity contribution in [3.05, 3.63) is 33.7 Å². The molecular formula is C20H26BrN3O3S. The Kier molecular flexibility index (Phi) is 6.62. The van der Waals surface area contributed by atoms with Gasteiger partial charge in [-0.25, -0.2) is 9.78 Å². The molecule has 2 aromatic rings. The van der Waals surface area contributed by atoms with Crippen molar-refractivity contribution in [2.75, 3.05) is 33.3 Å². The topological polar surface area (TPSA) is 54.9 Å². The summed E-state index contributed by atoms with van der Waals surface area (Å²) in [6.45, 7) is 9.41. The van der Waals surface area contributed by atoms with E-state index in [9.17, 15) is 4.79 Å². The lowest BCUT2D eigenvalue weighted by Crippen LogP contribution is -2.49. The molecule has 152 valence electrons. The second-order valence-corrected chi connectivity index (χ2v) is 9.51. The van der Waals surface area contributed by atoms with E-state index in [1.54, 1.807) is 23.3 Å². The molecule has 8 heteroatoms. The number of thiazole rings is 1. The molecule has 1 fully saturated rings. The van der Waals surface area contributed by atoms with Gasteiger partial charge in [-0.2, -0.15) is 0 Å². The number of aromatic nitrogens is 1. The van der Waals surface area contributed by atoms with Crippen LogP contribution in [0, 0.1) is 0 Å². The molecule has 1 saturated heterocycles. The van der Waals surface area contributed by atoms with E-state index in [4.69, 9.17) is 14.5 Å².